The zero-order valence-electron chi connectivity index (χ0n) is 15.6. The second-order valence-electron chi connectivity index (χ2n) is 6.60. The Balaban J connectivity index is 1.96. The molecule has 2 atom stereocenters. The van der Waals surface area contributed by atoms with E-state index < -0.39 is 0 Å². The number of aromatic nitrogens is 2. The number of pyridine rings is 1. The van der Waals surface area contributed by atoms with Crippen LogP contribution in [0.5, 0.6) is 0 Å². The largest absolute Gasteiger partial charge is 0.469 e. The van der Waals surface area contributed by atoms with Crippen molar-refractivity contribution in [3.8, 4) is 0 Å². The quantitative estimate of drug-likeness (QED) is 0.361. The number of hydrogen-bond donors (Lipinski definition) is 2. The smallest absolute Gasteiger partial charge is 0.305 e. The van der Waals surface area contributed by atoms with Gasteiger partial charge in [-0.3, -0.25) is 9.78 Å². The highest BCUT2D eigenvalue weighted by molar-refractivity contribution is 14.1. The number of methoxy groups -OCH3 is 1. The fourth-order valence-corrected chi connectivity index (χ4v) is 4.77. The zero-order valence-corrected chi connectivity index (χ0v) is 18.6. The van der Waals surface area contributed by atoms with Crippen LogP contribution in [-0.4, -0.2) is 39.6 Å². The number of nitrogens with zero attached hydrogens (tertiary/aromatic N) is 2. The van der Waals surface area contributed by atoms with Crippen LogP contribution in [0.4, 0.5) is 0 Å². The summed E-state index contributed by atoms with van der Waals surface area (Å²) in [6.45, 7) is 4.85. The molecule has 27 heavy (non-hydrogen) atoms. The van der Waals surface area contributed by atoms with Gasteiger partial charge in [-0.1, -0.05) is 6.07 Å². The number of carbonyl (C=O) groups excluding carboxylic acids is 1. The van der Waals surface area contributed by atoms with Gasteiger partial charge in [0.25, 0.3) is 0 Å². The lowest BCUT2D eigenvalue weighted by atomic mass is 9.96. The van der Waals surface area contributed by atoms with Crippen LogP contribution in [0.25, 0.3) is 0 Å². The van der Waals surface area contributed by atoms with Gasteiger partial charge in [0.1, 0.15) is 0 Å². The molecular formula is C19H23IN4O2S. The fraction of sp³-hybridized carbons (Fsp3) is 0.421. The number of ether oxygens (including phenoxy) is 1. The van der Waals surface area contributed by atoms with Gasteiger partial charge in [0, 0.05) is 39.7 Å². The molecule has 1 aliphatic heterocycles. The molecule has 3 rings (SSSR count). The molecular weight excluding hydrogens is 475 g/mol. The van der Waals surface area contributed by atoms with E-state index in [2.05, 4.69) is 56.6 Å². The number of aromatic amines is 1. The minimum Gasteiger partial charge on any atom is -0.469 e. The Morgan fingerprint density at radius 2 is 2.15 bits per heavy atom. The van der Waals surface area contributed by atoms with E-state index in [0.717, 1.165) is 17.1 Å². The van der Waals surface area contributed by atoms with Gasteiger partial charge < -0.3 is 19.9 Å². The number of aryl methyl sites for hydroxylation is 2. The monoisotopic (exact) mass is 498 g/mol. The second kappa shape index (κ2) is 8.55. The second-order valence-corrected chi connectivity index (χ2v) is 8.07. The zero-order chi connectivity index (χ0) is 19.6. The molecule has 144 valence electrons. The lowest BCUT2D eigenvalue weighted by molar-refractivity contribution is -0.140. The summed E-state index contributed by atoms with van der Waals surface area (Å²) in [5.74, 6) is -0.200. The third kappa shape index (κ3) is 4.11. The first kappa shape index (κ1) is 20.1. The van der Waals surface area contributed by atoms with Crippen molar-refractivity contribution in [1.29, 1.82) is 0 Å². The van der Waals surface area contributed by atoms with E-state index in [9.17, 15) is 4.79 Å². The van der Waals surface area contributed by atoms with Crippen molar-refractivity contribution >= 4 is 45.9 Å². The van der Waals surface area contributed by atoms with Gasteiger partial charge in [0.2, 0.25) is 0 Å². The molecule has 0 spiro atoms. The number of halogens is 1. The molecule has 0 bridgehead atoms. The summed E-state index contributed by atoms with van der Waals surface area (Å²) in [7, 11) is 1.42. The van der Waals surface area contributed by atoms with Gasteiger partial charge >= 0.3 is 5.97 Å². The third-order valence-corrected chi connectivity index (χ3v) is 6.59. The number of thiocarbonyl (C=S) groups is 1. The maximum absolute atomic E-state index is 11.5. The Bertz CT molecular complexity index is 840. The van der Waals surface area contributed by atoms with Crippen LogP contribution in [0, 0.1) is 17.4 Å². The molecule has 2 N–H and O–H groups in total. The fourth-order valence-electron chi connectivity index (χ4n) is 3.58. The van der Waals surface area contributed by atoms with Gasteiger partial charge in [0.15, 0.2) is 5.11 Å². The van der Waals surface area contributed by atoms with Crippen LogP contribution in [0.15, 0.2) is 24.4 Å². The molecule has 8 heteroatoms. The van der Waals surface area contributed by atoms with Gasteiger partial charge in [-0.2, -0.15) is 0 Å². The van der Waals surface area contributed by atoms with Crippen LogP contribution in [0.3, 0.4) is 0 Å². The molecule has 6 nitrogen and oxygen atoms in total. The van der Waals surface area contributed by atoms with Gasteiger partial charge in [-0.15, -0.1) is 0 Å². The number of hydrogen-bond acceptors (Lipinski definition) is 4. The Morgan fingerprint density at radius 3 is 2.74 bits per heavy atom. The molecule has 0 amide bonds. The van der Waals surface area contributed by atoms with Crippen molar-refractivity contribution < 1.29 is 9.53 Å². The van der Waals surface area contributed by atoms with Crippen LogP contribution < -0.4 is 5.32 Å². The summed E-state index contributed by atoms with van der Waals surface area (Å²) < 4.78 is 5.97. The van der Waals surface area contributed by atoms with E-state index in [0.29, 0.717) is 24.5 Å². The number of esters is 1. The molecule has 0 radical (unpaired) electrons. The SMILES string of the molecule is COC(=O)CCCN1C(=S)N[C@H](c2ccccn2)[C@H]1c1c(C)[nH]c(C)c1I. The van der Waals surface area contributed by atoms with Crippen molar-refractivity contribution in [2.75, 3.05) is 13.7 Å². The lowest BCUT2D eigenvalue weighted by Crippen LogP contribution is -2.31. The predicted molar refractivity (Wildman–Crippen MR) is 116 cm³/mol. The molecule has 3 heterocycles. The van der Waals surface area contributed by atoms with Crippen LogP contribution in [-0.2, 0) is 9.53 Å². The van der Waals surface area contributed by atoms with E-state index >= 15 is 0 Å². The Labute approximate surface area is 178 Å². The summed E-state index contributed by atoms with van der Waals surface area (Å²) in [4.78, 5) is 21.7. The highest BCUT2D eigenvalue weighted by Crippen LogP contribution is 2.42. The normalized spacial score (nSPS) is 19.3. The number of nitrogens with one attached hydrogen (secondary N) is 2. The van der Waals surface area contributed by atoms with E-state index in [1.54, 1.807) is 6.20 Å². The standard InChI is InChI=1S/C19H23IN4O2S/c1-11-15(16(20)12(2)22-11)18-17(13-7-4-5-9-21-13)23-19(27)24(18)10-6-8-14(25)26-3/h4-5,7,9,17-18,22H,6,8,10H2,1-3H3,(H,23,27)/t17-,18-/m1/s1. The summed E-state index contributed by atoms with van der Waals surface area (Å²) in [5, 5.41) is 4.14. The molecule has 0 aliphatic carbocycles. The predicted octanol–water partition coefficient (Wildman–Crippen LogP) is 3.56. The highest BCUT2D eigenvalue weighted by Gasteiger charge is 2.41. The minimum absolute atomic E-state index is 0.0156. The molecule has 0 aromatic carbocycles. The van der Waals surface area contributed by atoms with E-state index in [-0.39, 0.29) is 18.1 Å². The minimum atomic E-state index is -0.200. The molecule has 1 aliphatic rings. The van der Waals surface area contributed by atoms with Crippen molar-refractivity contribution in [3.63, 3.8) is 0 Å². The van der Waals surface area contributed by atoms with Crippen molar-refractivity contribution in [2.24, 2.45) is 0 Å². The molecule has 2 aromatic rings. The van der Waals surface area contributed by atoms with Crippen LogP contribution >= 0.6 is 34.8 Å². The summed E-state index contributed by atoms with van der Waals surface area (Å²) in [6.07, 6.45) is 2.86. The van der Waals surface area contributed by atoms with E-state index in [1.165, 1.54) is 16.2 Å². The number of rotatable bonds is 6. The van der Waals surface area contributed by atoms with Crippen molar-refractivity contribution in [2.45, 2.75) is 38.8 Å². The maximum atomic E-state index is 11.5. The van der Waals surface area contributed by atoms with Crippen LogP contribution in [0.1, 0.15) is 47.6 Å². The molecule has 2 aromatic heterocycles. The van der Waals surface area contributed by atoms with Crippen molar-refractivity contribution in [3.05, 3.63) is 50.6 Å². The first-order valence-corrected chi connectivity index (χ1v) is 10.3. The Hall–Kier alpha value is -1.68. The summed E-state index contributed by atoms with van der Waals surface area (Å²) in [5.41, 5.74) is 4.46. The Kier molecular flexibility index (Phi) is 6.36. The van der Waals surface area contributed by atoms with Gasteiger partial charge in [0.05, 0.1) is 24.9 Å². The van der Waals surface area contributed by atoms with E-state index in [1.807, 2.05) is 18.2 Å². The first-order chi connectivity index (χ1) is 12.9. The third-order valence-electron chi connectivity index (χ3n) is 4.85. The molecule has 1 fully saturated rings. The maximum Gasteiger partial charge on any atom is 0.305 e. The first-order valence-electron chi connectivity index (χ1n) is 8.83. The topological polar surface area (TPSA) is 70.2 Å². The molecule has 0 unspecified atom stereocenters. The Morgan fingerprint density at radius 1 is 1.37 bits per heavy atom. The summed E-state index contributed by atoms with van der Waals surface area (Å²) >= 11 is 8.05. The summed E-state index contributed by atoms with van der Waals surface area (Å²) in [6, 6.07) is 5.90. The highest BCUT2D eigenvalue weighted by atomic mass is 127. The van der Waals surface area contributed by atoms with E-state index in [4.69, 9.17) is 17.0 Å². The molecule has 1 saturated heterocycles. The lowest BCUT2D eigenvalue weighted by Gasteiger charge is -2.28. The average Bonchev–Trinajstić information content (AvgIpc) is 3.11. The number of carbonyl (C=O) groups is 1. The average molecular weight is 498 g/mol. The van der Waals surface area contributed by atoms with Gasteiger partial charge in [-0.25, -0.2) is 0 Å². The van der Waals surface area contributed by atoms with Crippen LogP contribution in [0.2, 0.25) is 0 Å². The number of H-pyrrole nitrogens is 1. The van der Waals surface area contributed by atoms with Crippen molar-refractivity contribution in [1.82, 2.24) is 20.2 Å². The van der Waals surface area contributed by atoms with Gasteiger partial charge in [-0.05, 0) is 67.2 Å². The molecule has 0 saturated carbocycles.